The molecule has 3 aliphatic rings. The Labute approximate surface area is 98.9 Å². The van der Waals surface area contributed by atoms with Crippen molar-refractivity contribution in [2.45, 2.75) is 59.0 Å². The van der Waals surface area contributed by atoms with Gasteiger partial charge in [-0.25, -0.2) is 0 Å². The fourth-order valence-corrected chi connectivity index (χ4v) is 5.52. The summed E-state index contributed by atoms with van der Waals surface area (Å²) in [6, 6.07) is 0. The standard InChI is InChI=1S/C15H24O/c1-10-6-9-14(3)12(16)11(10)13(2)7-5-8-15(13,14)4/h11-12,16H,1,5-9H2,2-4H3/t11-,12+,13-,14-,15+/m1/s1. The molecular weight excluding hydrogens is 196 g/mol. The highest BCUT2D eigenvalue weighted by atomic mass is 16.3. The van der Waals surface area contributed by atoms with E-state index in [1.165, 1.54) is 24.8 Å². The van der Waals surface area contributed by atoms with Crippen molar-refractivity contribution in [1.29, 1.82) is 0 Å². The summed E-state index contributed by atoms with van der Waals surface area (Å²) >= 11 is 0. The van der Waals surface area contributed by atoms with Crippen molar-refractivity contribution in [3.63, 3.8) is 0 Å². The molecule has 3 fully saturated rings. The summed E-state index contributed by atoms with van der Waals surface area (Å²) < 4.78 is 0. The van der Waals surface area contributed by atoms with Gasteiger partial charge in [-0.05, 0) is 36.5 Å². The molecule has 2 bridgehead atoms. The van der Waals surface area contributed by atoms with Crippen LogP contribution < -0.4 is 0 Å². The first kappa shape index (κ1) is 10.8. The highest BCUT2D eigenvalue weighted by Gasteiger charge is 2.72. The third-order valence-corrected chi connectivity index (χ3v) is 6.95. The Morgan fingerprint density at radius 3 is 2.50 bits per heavy atom. The van der Waals surface area contributed by atoms with Gasteiger partial charge in [0.25, 0.3) is 0 Å². The zero-order chi connectivity index (χ0) is 11.8. The van der Waals surface area contributed by atoms with Gasteiger partial charge in [0, 0.05) is 11.3 Å². The molecule has 1 N–H and O–H groups in total. The average Bonchev–Trinajstić information content (AvgIpc) is 2.55. The average molecular weight is 220 g/mol. The third kappa shape index (κ3) is 0.827. The minimum atomic E-state index is -0.149. The molecule has 0 heterocycles. The van der Waals surface area contributed by atoms with E-state index in [-0.39, 0.29) is 11.5 Å². The molecule has 0 radical (unpaired) electrons. The van der Waals surface area contributed by atoms with Crippen LogP contribution in [-0.4, -0.2) is 11.2 Å². The van der Waals surface area contributed by atoms with Gasteiger partial charge in [0.2, 0.25) is 0 Å². The van der Waals surface area contributed by atoms with E-state index in [0.29, 0.717) is 16.7 Å². The number of fused-ring (bicyclic) bond motifs is 5. The fraction of sp³-hybridized carbons (Fsp3) is 0.867. The Kier molecular flexibility index (Phi) is 1.86. The molecule has 90 valence electrons. The van der Waals surface area contributed by atoms with Crippen molar-refractivity contribution in [2.24, 2.45) is 22.2 Å². The van der Waals surface area contributed by atoms with Crippen molar-refractivity contribution in [3.05, 3.63) is 12.2 Å². The SMILES string of the molecule is C=C1CC[C@]2(C)[C@@H](O)[C@@H]1[C@@]1(C)CCC[C@@]12C. The predicted molar refractivity (Wildman–Crippen MR) is 66.0 cm³/mol. The molecule has 0 aromatic heterocycles. The number of rotatable bonds is 0. The summed E-state index contributed by atoms with van der Waals surface area (Å²) in [5.41, 5.74) is 2.07. The van der Waals surface area contributed by atoms with Gasteiger partial charge in [0.05, 0.1) is 6.10 Å². The molecule has 0 saturated heterocycles. The number of aliphatic hydroxyl groups is 1. The molecule has 3 rings (SSSR count). The summed E-state index contributed by atoms with van der Waals surface area (Å²) in [4.78, 5) is 0. The second-order valence-corrected chi connectivity index (χ2v) is 7.10. The van der Waals surface area contributed by atoms with Gasteiger partial charge in [0.1, 0.15) is 0 Å². The van der Waals surface area contributed by atoms with Crippen LogP contribution in [0.15, 0.2) is 12.2 Å². The highest BCUT2D eigenvalue weighted by Crippen LogP contribution is 2.76. The molecule has 3 aliphatic carbocycles. The molecule has 16 heavy (non-hydrogen) atoms. The lowest BCUT2D eigenvalue weighted by Crippen LogP contribution is -2.43. The summed E-state index contributed by atoms with van der Waals surface area (Å²) in [6.07, 6.45) is 6.02. The Morgan fingerprint density at radius 1 is 1.12 bits per heavy atom. The minimum Gasteiger partial charge on any atom is -0.392 e. The van der Waals surface area contributed by atoms with Crippen LogP contribution in [0, 0.1) is 22.2 Å². The zero-order valence-corrected chi connectivity index (χ0v) is 10.8. The summed E-state index contributed by atoms with van der Waals surface area (Å²) in [5.74, 6) is 0.360. The Morgan fingerprint density at radius 2 is 1.81 bits per heavy atom. The smallest absolute Gasteiger partial charge is 0.0669 e. The Balaban J connectivity index is 2.21. The van der Waals surface area contributed by atoms with E-state index in [1.807, 2.05) is 0 Å². The summed E-state index contributed by atoms with van der Waals surface area (Å²) in [5, 5.41) is 10.7. The molecule has 1 nitrogen and oxygen atoms in total. The first-order valence-electron chi connectivity index (χ1n) is 6.73. The van der Waals surface area contributed by atoms with E-state index in [9.17, 15) is 5.11 Å². The highest BCUT2D eigenvalue weighted by molar-refractivity contribution is 5.29. The van der Waals surface area contributed by atoms with Crippen LogP contribution in [0.5, 0.6) is 0 Å². The summed E-state index contributed by atoms with van der Waals surface area (Å²) in [6.45, 7) is 11.4. The van der Waals surface area contributed by atoms with Gasteiger partial charge in [-0.3, -0.25) is 0 Å². The van der Waals surface area contributed by atoms with E-state index in [2.05, 4.69) is 27.4 Å². The topological polar surface area (TPSA) is 20.2 Å². The van der Waals surface area contributed by atoms with Crippen molar-refractivity contribution in [1.82, 2.24) is 0 Å². The zero-order valence-electron chi connectivity index (χ0n) is 10.8. The lowest BCUT2D eigenvalue weighted by molar-refractivity contribution is -0.0347. The molecule has 0 spiro atoms. The van der Waals surface area contributed by atoms with E-state index < -0.39 is 0 Å². The Bertz CT molecular complexity index is 360. The van der Waals surface area contributed by atoms with Gasteiger partial charge in [-0.1, -0.05) is 39.3 Å². The van der Waals surface area contributed by atoms with Crippen LogP contribution in [-0.2, 0) is 0 Å². The van der Waals surface area contributed by atoms with Crippen molar-refractivity contribution in [3.8, 4) is 0 Å². The van der Waals surface area contributed by atoms with Crippen LogP contribution in [0.3, 0.4) is 0 Å². The molecule has 0 unspecified atom stereocenters. The molecule has 0 aromatic rings. The predicted octanol–water partition coefficient (Wildman–Crippen LogP) is 3.53. The van der Waals surface area contributed by atoms with Crippen LogP contribution in [0.2, 0.25) is 0 Å². The minimum absolute atomic E-state index is 0.129. The van der Waals surface area contributed by atoms with Crippen LogP contribution in [0.1, 0.15) is 52.9 Å². The molecule has 0 aliphatic heterocycles. The third-order valence-electron chi connectivity index (χ3n) is 6.95. The van der Waals surface area contributed by atoms with E-state index in [4.69, 9.17) is 0 Å². The van der Waals surface area contributed by atoms with Crippen molar-refractivity contribution in [2.75, 3.05) is 0 Å². The first-order valence-corrected chi connectivity index (χ1v) is 6.73. The van der Waals surface area contributed by atoms with Gasteiger partial charge in [-0.2, -0.15) is 0 Å². The van der Waals surface area contributed by atoms with Crippen LogP contribution in [0.4, 0.5) is 0 Å². The molecule has 5 atom stereocenters. The molecule has 1 heteroatoms. The monoisotopic (exact) mass is 220 g/mol. The quantitative estimate of drug-likeness (QED) is 0.619. The largest absolute Gasteiger partial charge is 0.392 e. The van der Waals surface area contributed by atoms with Gasteiger partial charge in [-0.15, -0.1) is 0 Å². The second-order valence-electron chi connectivity index (χ2n) is 7.10. The number of aliphatic hydroxyl groups excluding tert-OH is 1. The van der Waals surface area contributed by atoms with E-state index in [0.717, 1.165) is 12.8 Å². The second kappa shape index (κ2) is 2.75. The maximum atomic E-state index is 10.7. The number of hydrogen-bond donors (Lipinski definition) is 1. The maximum absolute atomic E-state index is 10.7. The van der Waals surface area contributed by atoms with Crippen molar-refractivity contribution >= 4 is 0 Å². The van der Waals surface area contributed by atoms with Crippen LogP contribution >= 0.6 is 0 Å². The van der Waals surface area contributed by atoms with E-state index in [1.54, 1.807) is 0 Å². The number of hydrogen-bond acceptors (Lipinski definition) is 1. The molecule has 0 amide bonds. The molecular formula is C15H24O. The summed E-state index contributed by atoms with van der Waals surface area (Å²) in [7, 11) is 0. The normalized spacial score (nSPS) is 60.1. The van der Waals surface area contributed by atoms with Gasteiger partial charge in [0.15, 0.2) is 0 Å². The lowest BCUT2D eigenvalue weighted by Gasteiger charge is -2.46. The molecule has 3 saturated carbocycles. The molecule has 0 aromatic carbocycles. The van der Waals surface area contributed by atoms with E-state index >= 15 is 0 Å². The fourth-order valence-electron chi connectivity index (χ4n) is 5.52. The van der Waals surface area contributed by atoms with Gasteiger partial charge >= 0.3 is 0 Å². The van der Waals surface area contributed by atoms with Gasteiger partial charge < -0.3 is 5.11 Å². The Hall–Kier alpha value is -0.300. The van der Waals surface area contributed by atoms with Crippen LogP contribution in [0.25, 0.3) is 0 Å². The first-order chi connectivity index (χ1) is 7.37. The van der Waals surface area contributed by atoms with Crippen molar-refractivity contribution < 1.29 is 5.11 Å². The lowest BCUT2D eigenvalue weighted by atomic mass is 9.59. The maximum Gasteiger partial charge on any atom is 0.0669 e.